The van der Waals surface area contributed by atoms with Crippen molar-refractivity contribution in [3.8, 4) is 17.1 Å². The second-order valence-electron chi connectivity index (χ2n) is 7.68. The van der Waals surface area contributed by atoms with Gasteiger partial charge in [0.2, 0.25) is 5.91 Å². The number of benzene rings is 1. The van der Waals surface area contributed by atoms with E-state index in [0.29, 0.717) is 17.1 Å². The number of carbonyl (C=O) groups is 2. The van der Waals surface area contributed by atoms with E-state index in [1.807, 2.05) is 24.3 Å². The molecule has 4 rings (SSSR count). The van der Waals surface area contributed by atoms with Crippen LogP contribution < -0.4 is 20.7 Å². The summed E-state index contributed by atoms with van der Waals surface area (Å²) in [5, 5.41) is 9.64. The second-order valence-corrected chi connectivity index (χ2v) is 7.68. The quantitative estimate of drug-likeness (QED) is 0.479. The van der Waals surface area contributed by atoms with Crippen LogP contribution in [0.4, 0.5) is 11.4 Å². The highest BCUT2D eigenvalue weighted by atomic mass is 16.5. The molecular formula is C23H26N6O4. The lowest BCUT2D eigenvalue weighted by Gasteiger charge is -2.33. The summed E-state index contributed by atoms with van der Waals surface area (Å²) in [6.07, 6.45) is 3.25. The average Bonchev–Trinajstić information content (AvgIpc) is 3.38. The summed E-state index contributed by atoms with van der Waals surface area (Å²) in [6.45, 7) is 1.51. The molecule has 2 amide bonds. The van der Waals surface area contributed by atoms with E-state index in [4.69, 9.17) is 15.2 Å². The molecule has 0 atom stereocenters. The molecule has 10 nitrogen and oxygen atoms in total. The van der Waals surface area contributed by atoms with E-state index in [-0.39, 0.29) is 24.3 Å². The predicted octanol–water partition coefficient (Wildman–Crippen LogP) is 2.20. The maximum absolute atomic E-state index is 12.8. The molecule has 4 N–H and O–H groups in total. The fraction of sp³-hybridized carbons (Fsp3) is 0.304. The van der Waals surface area contributed by atoms with E-state index < -0.39 is 5.91 Å². The number of carbonyl (C=O) groups excluding carboxylic acids is 2. The van der Waals surface area contributed by atoms with Crippen LogP contribution in [0.25, 0.3) is 11.4 Å². The van der Waals surface area contributed by atoms with E-state index in [9.17, 15) is 9.59 Å². The fourth-order valence-corrected chi connectivity index (χ4v) is 3.76. The highest BCUT2D eigenvalue weighted by molar-refractivity contribution is 6.04. The number of nitrogens with zero attached hydrogens (tertiary/aromatic N) is 3. The van der Waals surface area contributed by atoms with Crippen LogP contribution in [0.5, 0.6) is 5.75 Å². The van der Waals surface area contributed by atoms with Gasteiger partial charge < -0.3 is 25.4 Å². The van der Waals surface area contributed by atoms with Crippen LogP contribution in [0, 0.1) is 0 Å². The number of aromatic nitrogens is 3. The fourth-order valence-electron chi connectivity index (χ4n) is 3.76. The third kappa shape index (κ3) is 5.47. The lowest BCUT2D eigenvalue weighted by atomic mass is 10.1. The number of rotatable bonds is 8. The van der Waals surface area contributed by atoms with E-state index in [1.54, 1.807) is 31.5 Å². The molecule has 0 spiro atoms. The number of piperidine rings is 1. The van der Waals surface area contributed by atoms with Gasteiger partial charge in [0.1, 0.15) is 18.1 Å². The highest BCUT2D eigenvalue weighted by Gasteiger charge is 2.21. The van der Waals surface area contributed by atoms with Gasteiger partial charge in [0, 0.05) is 31.0 Å². The maximum Gasteiger partial charge on any atom is 0.274 e. The van der Waals surface area contributed by atoms with Crippen molar-refractivity contribution in [3.05, 3.63) is 54.4 Å². The monoisotopic (exact) mass is 450 g/mol. The smallest absolute Gasteiger partial charge is 0.274 e. The van der Waals surface area contributed by atoms with Gasteiger partial charge in [0.05, 0.1) is 30.3 Å². The van der Waals surface area contributed by atoms with E-state index in [2.05, 4.69) is 25.4 Å². The largest absolute Gasteiger partial charge is 0.494 e. The van der Waals surface area contributed by atoms with Gasteiger partial charge in [-0.1, -0.05) is 6.07 Å². The van der Waals surface area contributed by atoms with Gasteiger partial charge in [-0.25, -0.2) is 4.98 Å². The summed E-state index contributed by atoms with van der Waals surface area (Å²) in [6, 6.07) is 12.7. The van der Waals surface area contributed by atoms with E-state index in [0.717, 1.165) is 37.3 Å². The number of primary amides is 1. The first-order valence-electron chi connectivity index (χ1n) is 10.6. The normalized spacial score (nSPS) is 14.2. The summed E-state index contributed by atoms with van der Waals surface area (Å²) in [4.78, 5) is 30.4. The SMILES string of the molecule is COc1cc(N2CCC(OCC(N)=O)CC2)ccc1NC(=O)c1cccc(-c2ccn[nH]2)n1. The molecule has 3 aromatic rings. The maximum atomic E-state index is 12.8. The summed E-state index contributed by atoms with van der Waals surface area (Å²) < 4.78 is 11.1. The zero-order chi connectivity index (χ0) is 23.2. The molecule has 0 saturated carbocycles. The molecule has 1 fully saturated rings. The number of ether oxygens (including phenoxy) is 2. The van der Waals surface area contributed by atoms with Crippen molar-refractivity contribution in [2.75, 3.05) is 37.0 Å². The molecule has 172 valence electrons. The van der Waals surface area contributed by atoms with Gasteiger partial charge in [0.25, 0.3) is 5.91 Å². The molecule has 0 aliphatic carbocycles. The molecule has 1 aliphatic heterocycles. The molecule has 0 unspecified atom stereocenters. The molecule has 10 heteroatoms. The zero-order valence-corrected chi connectivity index (χ0v) is 18.3. The van der Waals surface area contributed by atoms with Crippen LogP contribution in [-0.2, 0) is 9.53 Å². The summed E-state index contributed by atoms with van der Waals surface area (Å²) in [5.74, 6) is -0.240. The number of amides is 2. The Labute approximate surface area is 191 Å². The first kappa shape index (κ1) is 22.3. The number of methoxy groups -OCH3 is 1. The van der Waals surface area contributed by atoms with E-state index >= 15 is 0 Å². The third-order valence-corrected chi connectivity index (χ3v) is 5.46. The number of hydrogen-bond acceptors (Lipinski definition) is 7. The number of anilines is 2. The van der Waals surface area contributed by atoms with Gasteiger partial charge in [0.15, 0.2) is 0 Å². The predicted molar refractivity (Wildman–Crippen MR) is 123 cm³/mol. The van der Waals surface area contributed by atoms with Crippen LogP contribution in [0.2, 0.25) is 0 Å². The topological polar surface area (TPSA) is 135 Å². The molecule has 1 aliphatic rings. The van der Waals surface area contributed by atoms with Crippen LogP contribution >= 0.6 is 0 Å². The highest BCUT2D eigenvalue weighted by Crippen LogP contribution is 2.32. The molecule has 0 radical (unpaired) electrons. The Hall–Kier alpha value is -3.92. The Morgan fingerprint density at radius 3 is 2.73 bits per heavy atom. The zero-order valence-electron chi connectivity index (χ0n) is 18.3. The van der Waals surface area contributed by atoms with Gasteiger partial charge in [-0.2, -0.15) is 5.10 Å². The minimum atomic E-state index is -0.456. The summed E-state index contributed by atoms with van der Waals surface area (Å²) >= 11 is 0. The lowest BCUT2D eigenvalue weighted by molar-refractivity contribution is -0.124. The van der Waals surface area contributed by atoms with Crippen molar-refractivity contribution in [1.82, 2.24) is 15.2 Å². The third-order valence-electron chi connectivity index (χ3n) is 5.46. The van der Waals surface area contributed by atoms with Crippen molar-refractivity contribution in [3.63, 3.8) is 0 Å². The Bertz CT molecular complexity index is 1110. The Morgan fingerprint density at radius 1 is 1.21 bits per heavy atom. The minimum Gasteiger partial charge on any atom is -0.494 e. The number of H-pyrrole nitrogens is 1. The number of nitrogens with one attached hydrogen (secondary N) is 2. The number of hydrogen-bond donors (Lipinski definition) is 3. The summed E-state index contributed by atoms with van der Waals surface area (Å²) in [5.41, 5.74) is 8.33. The molecular weight excluding hydrogens is 424 g/mol. The minimum absolute atomic E-state index is 0.0271. The van der Waals surface area contributed by atoms with Gasteiger partial charge in [-0.15, -0.1) is 0 Å². The first-order valence-corrected chi connectivity index (χ1v) is 10.6. The van der Waals surface area contributed by atoms with Crippen LogP contribution in [0.3, 0.4) is 0 Å². The molecule has 0 bridgehead atoms. The Morgan fingerprint density at radius 2 is 2.03 bits per heavy atom. The molecule has 1 aromatic carbocycles. The lowest BCUT2D eigenvalue weighted by Crippen LogP contribution is -2.38. The van der Waals surface area contributed by atoms with Gasteiger partial charge in [-0.3, -0.25) is 14.7 Å². The number of pyridine rings is 1. The molecule has 2 aromatic heterocycles. The Balaban J connectivity index is 1.42. The molecule has 33 heavy (non-hydrogen) atoms. The number of aromatic amines is 1. The van der Waals surface area contributed by atoms with Crippen molar-refractivity contribution < 1.29 is 19.1 Å². The Kier molecular flexibility index (Phi) is 6.84. The van der Waals surface area contributed by atoms with Crippen LogP contribution in [-0.4, -0.2) is 59.9 Å². The molecule has 3 heterocycles. The van der Waals surface area contributed by atoms with Crippen LogP contribution in [0.1, 0.15) is 23.3 Å². The van der Waals surface area contributed by atoms with Crippen molar-refractivity contribution >= 4 is 23.2 Å². The molecule has 1 saturated heterocycles. The van der Waals surface area contributed by atoms with Crippen molar-refractivity contribution in [2.45, 2.75) is 18.9 Å². The second kappa shape index (κ2) is 10.1. The van der Waals surface area contributed by atoms with Gasteiger partial charge in [-0.05, 0) is 43.2 Å². The first-order chi connectivity index (χ1) is 16.0. The summed E-state index contributed by atoms with van der Waals surface area (Å²) in [7, 11) is 1.57. The van der Waals surface area contributed by atoms with Crippen molar-refractivity contribution in [2.24, 2.45) is 5.73 Å². The number of nitrogens with two attached hydrogens (primary N) is 1. The van der Waals surface area contributed by atoms with Gasteiger partial charge >= 0.3 is 0 Å². The standard InChI is InChI=1S/C23H26N6O4/c1-32-21-13-15(29-11-8-16(9-12-29)33-14-22(24)30)5-6-19(21)27-23(31)20-4-2-3-17(26-20)18-7-10-25-28-18/h2-7,10,13,16H,8-9,11-12,14H2,1H3,(H2,24,30)(H,25,28)(H,27,31). The van der Waals surface area contributed by atoms with E-state index in [1.165, 1.54) is 0 Å². The van der Waals surface area contributed by atoms with Crippen molar-refractivity contribution in [1.29, 1.82) is 0 Å². The average molecular weight is 450 g/mol. The van der Waals surface area contributed by atoms with Crippen LogP contribution in [0.15, 0.2) is 48.7 Å².